The number of aromatic nitrogens is 8. The molecule has 4 heterocycles. The van der Waals surface area contributed by atoms with Gasteiger partial charge in [0.2, 0.25) is 0 Å². The zero-order chi connectivity index (χ0) is 33.0. The number of rotatable bonds is 6. The maximum atomic E-state index is 13.3. The van der Waals surface area contributed by atoms with Crippen molar-refractivity contribution in [3.63, 3.8) is 0 Å². The predicted molar refractivity (Wildman–Crippen MR) is 175 cm³/mol. The fourth-order valence-electron chi connectivity index (χ4n) is 6.61. The summed E-state index contributed by atoms with van der Waals surface area (Å²) < 4.78 is 30.3. The van der Waals surface area contributed by atoms with E-state index < -0.39 is 0 Å². The third-order valence-electron chi connectivity index (χ3n) is 8.84. The highest BCUT2D eigenvalue weighted by Gasteiger charge is 2.33. The van der Waals surface area contributed by atoms with Crippen molar-refractivity contribution >= 4 is 0 Å². The molecule has 0 radical (unpaired) electrons. The minimum Gasteiger partial charge on any atom is -0.284 e. The molecular formula is C36H36F2N10. The van der Waals surface area contributed by atoms with E-state index >= 15 is 0 Å². The van der Waals surface area contributed by atoms with Crippen molar-refractivity contribution < 1.29 is 8.78 Å². The number of benzene rings is 4. The molecule has 0 aliphatic carbocycles. The van der Waals surface area contributed by atoms with Crippen molar-refractivity contribution in [2.24, 2.45) is 0 Å². The molecule has 8 rings (SSSR count). The first-order valence-electron chi connectivity index (χ1n) is 16.0. The molecule has 4 aromatic carbocycles. The van der Waals surface area contributed by atoms with Gasteiger partial charge < -0.3 is 0 Å². The molecule has 2 atom stereocenters. The van der Waals surface area contributed by atoms with Crippen LogP contribution in [0.15, 0.2) is 97.1 Å². The van der Waals surface area contributed by atoms with Gasteiger partial charge in [0.15, 0.2) is 11.6 Å². The van der Waals surface area contributed by atoms with E-state index in [0.29, 0.717) is 0 Å². The molecule has 48 heavy (non-hydrogen) atoms. The molecule has 0 saturated heterocycles. The quantitative estimate of drug-likeness (QED) is 0.236. The van der Waals surface area contributed by atoms with Gasteiger partial charge in [0.05, 0.1) is 25.2 Å². The third kappa shape index (κ3) is 6.90. The second-order valence-corrected chi connectivity index (χ2v) is 12.3. The number of aryl methyl sites for hydroxylation is 2. The summed E-state index contributed by atoms with van der Waals surface area (Å²) in [5, 5.41) is 24.2. The van der Waals surface area contributed by atoms with Gasteiger partial charge >= 0.3 is 0 Å². The Morgan fingerprint density at radius 2 is 0.979 bits per heavy atom. The van der Waals surface area contributed by atoms with Crippen LogP contribution >= 0.6 is 0 Å². The van der Waals surface area contributed by atoms with Gasteiger partial charge in [-0.1, -0.05) is 83.9 Å². The van der Waals surface area contributed by atoms with Crippen molar-refractivity contribution in [3.05, 3.63) is 154 Å². The van der Waals surface area contributed by atoms with Crippen LogP contribution in [0.3, 0.4) is 0 Å². The Morgan fingerprint density at radius 3 is 1.38 bits per heavy atom. The zero-order valence-corrected chi connectivity index (χ0v) is 26.9. The van der Waals surface area contributed by atoms with Crippen molar-refractivity contribution in [1.82, 2.24) is 50.2 Å². The Hall–Kier alpha value is -5.20. The Morgan fingerprint density at radius 1 is 0.562 bits per heavy atom. The molecule has 10 nitrogen and oxygen atoms in total. The van der Waals surface area contributed by atoms with Crippen LogP contribution in [-0.4, -0.2) is 63.3 Å². The molecule has 0 spiro atoms. The zero-order valence-electron chi connectivity index (χ0n) is 26.9. The second kappa shape index (κ2) is 13.9. The van der Waals surface area contributed by atoms with Gasteiger partial charge in [0, 0.05) is 26.2 Å². The lowest BCUT2D eigenvalue weighted by molar-refractivity contribution is 0.164. The standard InChI is InChI=1S/2C18H18FN5/c2*1-13-3-2-4-14(11-13)12-23-9-10-24-18(20-21-22-24)17(23)15-5-7-16(19)8-6-15/h2*2-8,11,17H,9-10,12H2,1H3/t2*17-/m10/s1. The third-order valence-corrected chi connectivity index (χ3v) is 8.84. The molecule has 244 valence electrons. The van der Waals surface area contributed by atoms with E-state index in [1.807, 2.05) is 33.6 Å². The number of tetrazole rings is 2. The number of fused-ring (bicyclic) bond motifs is 2. The van der Waals surface area contributed by atoms with Gasteiger partial charge in [-0.2, -0.15) is 0 Å². The number of hydrogen-bond acceptors (Lipinski definition) is 8. The second-order valence-electron chi connectivity index (χ2n) is 12.3. The van der Waals surface area contributed by atoms with Gasteiger partial charge in [-0.15, -0.1) is 10.2 Å². The molecule has 2 aliphatic heterocycles. The van der Waals surface area contributed by atoms with Crippen LogP contribution in [-0.2, 0) is 26.2 Å². The Balaban J connectivity index is 0.000000152. The molecule has 0 amide bonds. The summed E-state index contributed by atoms with van der Waals surface area (Å²) in [6.07, 6.45) is 0. The molecule has 2 aromatic heterocycles. The van der Waals surface area contributed by atoms with E-state index in [1.165, 1.54) is 46.5 Å². The van der Waals surface area contributed by atoms with Gasteiger partial charge in [0.1, 0.15) is 11.6 Å². The van der Waals surface area contributed by atoms with Gasteiger partial charge in [-0.05, 0) is 81.2 Å². The first kappa shape index (κ1) is 31.4. The molecule has 0 fully saturated rings. The highest BCUT2D eigenvalue weighted by atomic mass is 19.1. The molecule has 12 heteroatoms. The van der Waals surface area contributed by atoms with Crippen LogP contribution in [0, 0.1) is 25.5 Å². The maximum Gasteiger partial charge on any atom is 0.173 e. The predicted octanol–water partition coefficient (Wildman–Crippen LogP) is 5.45. The minimum atomic E-state index is -0.237. The molecular weight excluding hydrogens is 610 g/mol. The normalized spacial score (nSPS) is 17.7. The van der Waals surface area contributed by atoms with Crippen LogP contribution < -0.4 is 0 Å². The fraction of sp³-hybridized carbons (Fsp3) is 0.278. The smallest absolute Gasteiger partial charge is 0.173 e. The summed E-state index contributed by atoms with van der Waals surface area (Å²) in [6.45, 7) is 8.99. The van der Waals surface area contributed by atoms with E-state index in [4.69, 9.17) is 0 Å². The van der Waals surface area contributed by atoms with E-state index in [1.54, 1.807) is 0 Å². The summed E-state index contributed by atoms with van der Waals surface area (Å²) in [7, 11) is 0. The first-order chi connectivity index (χ1) is 23.4. The lowest BCUT2D eigenvalue weighted by Crippen LogP contribution is -2.39. The highest BCUT2D eigenvalue weighted by molar-refractivity contribution is 5.29. The largest absolute Gasteiger partial charge is 0.284 e. The fourth-order valence-corrected chi connectivity index (χ4v) is 6.61. The van der Waals surface area contributed by atoms with Crippen LogP contribution in [0.1, 0.15) is 57.1 Å². The Bertz CT molecular complexity index is 1830. The Labute approximate surface area is 277 Å². The molecule has 2 aliphatic rings. The Kier molecular flexibility index (Phi) is 9.08. The molecule has 0 bridgehead atoms. The van der Waals surface area contributed by atoms with Crippen LogP contribution in [0.2, 0.25) is 0 Å². The van der Waals surface area contributed by atoms with E-state index in [9.17, 15) is 8.78 Å². The summed E-state index contributed by atoms with van der Waals surface area (Å²) >= 11 is 0. The average Bonchev–Trinajstić information content (AvgIpc) is 3.76. The van der Waals surface area contributed by atoms with Crippen molar-refractivity contribution in [2.45, 2.75) is 52.1 Å². The maximum absolute atomic E-state index is 13.3. The summed E-state index contributed by atoms with van der Waals surface area (Å²) in [4.78, 5) is 4.68. The topological polar surface area (TPSA) is 93.7 Å². The molecule has 0 N–H and O–H groups in total. The van der Waals surface area contributed by atoms with E-state index in [2.05, 4.69) is 103 Å². The molecule has 0 saturated carbocycles. The van der Waals surface area contributed by atoms with Gasteiger partial charge in [-0.3, -0.25) is 9.80 Å². The lowest BCUT2D eigenvalue weighted by atomic mass is 10.0. The summed E-state index contributed by atoms with van der Waals surface area (Å²) in [5.41, 5.74) is 6.99. The van der Waals surface area contributed by atoms with E-state index in [0.717, 1.165) is 62.0 Å². The van der Waals surface area contributed by atoms with Gasteiger partial charge in [0.25, 0.3) is 0 Å². The van der Waals surface area contributed by atoms with E-state index in [-0.39, 0.29) is 23.7 Å². The van der Waals surface area contributed by atoms with Crippen LogP contribution in [0.25, 0.3) is 0 Å². The molecule has 0 unspecified atom stereocenters. The average molecular weight is 647 g/mol. The SMILES string of the molecule is Cc1cccc(CN2CCn3nnnc3[C@@H]2c2ccc(F)cc2)c1.Cc1cccc(CN2CCn3nnnc3[C@H]2c2ccc(F)cc2)c1. The van der Waals surface area contributed by atoms with Crippen LogP contribution in [0.5, 0.6) is 0 Å². The highest BCUT2D eigenvalue weighted by Crippen LogP contribution is 2.33. The number of hydrogen-bond donors (Lipinski definition) is 0. The summed E-state index contributed by atoms with van der Waals surface area (Å²) in [6, 6.07) is 30.0. The van der Waals surface area contributed by atoms with Crippen molar-refractivity contribution in [3.8, 4) is 0 Å². The number of nitrogens with zero attached hydrogens (tertiary/aromatic N) is 10. The minimum absolute atomic E-state index is 0.0742. The van der Waals surface area contributed by atoms with Gasteiger partial charge in [-0.25, -0.2) is 18.1 Å². The monoisotopic (exact) mass is 646 g/mol. The molecule has 6 aromatic rings. The first-order valence-corrected chi connectivity index (χ1v) is 16.0. The van der Waals surface area contributed by atoms with Crippen molar-refractivity contribution in [2.75, 3.05) is 13.1 Å². The summed E-state index contributed by atoms with van der Waals surface area (Å²) in [5.74, 6) is 1.14. The van der Waals surface area contributed by atoms with Crippen LogP contribution in [0.4, 0.5) is 8.78 Å². The van der Waals surface area contributed by atoms with Crippen molar-refractivity contribution in [1.29, 1.82) is 0 Å². The number of halogens is 2. The lowest BCUT2D eigenvalue weighted by Gasteiger charge is -2.35.